The number of carbonyl (C=O) groups is 2. The highest BCUT2D eigenvalue weighted by Gasteiger charge is 2.49. The number of esters is 1. The van der Waals surface area contributed by atoms with Crippen molar-refractivity contribution in [2.45, 2.75) is 52.9 Å². The first-order valence-electron chi connectivity index (χ1n) is 8.28. The van der Waals surface area contributed by atoms with Crippen LogP contribution in [0.15, 0.2) is 23.8 Å². The number of hydrogen-bond acceptors (Lipinski definition) is 3. The number of ketones is 1. The molecule has 0 amide bonds. The molecule has 2 aliphatic carbocycles. The molecule has 3 heteroatoms. The van der Waals surface area contributed by atoms with E-state index in [2.05, 4.69) is 27.4 Å². The topological polar surface area (TPSA) is 43.4 Å². The summed E-state index contributed by atoms with van der Waals surface area (Å²) in [5, 5.41) is 0. The Hall–Kier alpha value is -1.38. The summed E-state index contributed by atoms with van der Waals surface area (Å²) >= 11 is 0. The molecule has 0 N–H and O–H groups in total. The molecule has 0 aromatic rings. The van der Waals surface area contributed by atoms with E-state index in [4.69, 9.17) is 4.74 Å². The molecule has 0 aliphatic heterocycles. The van der Waals surface area contributed by atoms with Crippen molar-refractivity contribution in [3.63, 3.8) is 0 Å². The van der Waals surface area contributed by atoms with Crippen LogP contribution in [-0.2, 0) is 14.3 Å². The Bertz CT molecular complexity index is 517. The van der Waals surface area contributed by atoms with Crippen LogP contribution in [0.3, 0.4) is 0 Å². The van der Waals surface area contributed by atoms with Crippen LogP contribution < -0.4 is 0 Å². The maximum absolute atomic E-state index is 12.3. The van der Waals surface area contributed by atoms with Crippen molar-refractivity contribution < 1.29 is 14.3 Å². The van der Waals surface area contributed by atoms with Gasteiger partial charge in [-0.1, -0.05) is 31.9 Å². The van der Waals surface area contributed by atoms with Crippen LogP contribution in [0.5, 0.6) is 0 Å². The molecule has 0 saturated heterocycles. The molecule has 0 bridgehead atoms. The van der Waals surface area contributed by atoms with Crippen LogP contribution >= 0.6 is 0 Å². The predicted molar refractivity (Wildman–Crippen MR) is 87.3 cm³/mol. The fourth-order valence-electron chi connectivity index (χ4n) is 4.44. The zero-order chi connectivity index (χ0) is 16.5. The van der Waals surface area contributed by atoms with Gasteiger partial charge in [0, 0.05) is 6.42 Å². The standard InChI is InChI=1S/C19H28O3/c1-12(2)6-9-16-13(3)7-8-14-10-17(20)15(18(21)22-5)11-19(14,16)4/h11,13-14,16H,1,6-10H2,2-5H3/t13-,14+,16+,19+/m0/s1. The van der Waals surface area contributed by atoms with Gasteiger partial charge in [-0.25, -0.2) is 4.79 Å². The van der Waals surface area contributed by atoms with Crippen LogP contribution in [0.2, 0.25) is 0 Å². The van der Waals surface area contributed by atoms with Crippen LogP contribution in [-0.4, -0.2) is 18.9 Å². The van der Waals surface area contributed by atoms with Crippen molar-refractivity contribution in [3.05, 3.63) is 23.8 Å². The average Bonchev–Trinajstić information content (AvgIpc) is 2.46. The van der Waals surface area contributed by atoms with E-state index < -0.39 is 5.97 Å². The molecule has 2 rings (SSSR count). The summed E-state index contributed by atoms with van der Waals surface area (Å²) in [5.41, 5.74) is 1.36. The van der Waals surface area contributed by atoms with Gasteiger partial charge in [-0.05, 0) is 49.4 Å². The van der Waals surface area contributed by atoms with Crippen molar-refractivity contribution in [1.82, 2.24) is 0 Å². The maximum Gasteiger partial charge on any atom is 0.341 e. The molecular weight excluding hydrogens is 276 g/mol. The molecule has 1 fully saturated rings. The smallest absolute Gasteiger partial charge is 0.341 e. The Morgan fingerprint density at radius 1 is 1.45 bits per heavy atom. The van der Waals surface area contributed by atoms with Crippen LogP contribution in [0.4, 0.5) is 0 Å². The van der Waals surface area contributed by atoms with Crippen molar-refractivity contribution >= 4 is 11.8 Å². The largest absolute Gasteiger partial charge is 0.465 e. The molecule has 0 aromatic heterocycles. The van der Waals surface area contributed by atoms with Crippen molar-refractivity contribution in [2.75, 3.05) is 7.11 Å². The summed E-state index contributed by atoms with van der Waals surface area (Å²) in [6, 6.07) is 0. The maximum atomic E-state index is 12.3. The van der Waals surface area contributed by atoms with E-state index in [-0.39, 0.29) is 16.8 Å². The van der Waals surface area contributed by atoms with E-state index in [0.29, 0.717) is 24.2 Å². The molecule has 0 heterocycles. The molecule has 0 radical (unpaired) electrons. The van der Waals surface area contributed by atoms with Gasteiger partial charge in [0.25, 0.3) is 0 Å². The Balaban J connectivity index is 2.37. The SMILES string of the molecule is C=C(C)CC[C@@H]1[C@@H](C)CC[C@@H]2CC(=O)C(C(=O)OC)=C[C@]21C. The second kappa shape index (κ2) is 6.39. The summed E-state index contributed by atoms with van der Waals surface area (Å²) in [5.74, 6) is 0.892. The van der Waals surface area contributed by atoms with Crippen molar-refractivity contribution in [1.29, 1.82) is 0 Å². The number of carbonyl (C=O) groups excluding carboxylic acids is 2. The van der Waals surface area contributed by atoms with E-state index in [1.165, 1.54) is 12.7 Å². The zero-order valence-electron chi connectivity index (χ0n) is 14.3. The molecular formula is C19H28O3. The van der Waals surface area contributed by atoms with Gasteiger partial charge in [-0.2, -0.15) is 0 Å². The molecule has 0 aromatic carbocycles. The van der Waals surface area contributed by atoms with E-state index in [1.54, 1.807) is 0 Å². The highest BCUT2D eigenvalue weighted by molar-refractivity contribution is 6.18. The van der Waals surface area contributed by atoms with Gasteiger partial charge < -0.3 is 4.74 Å². The first-order valence-corrected chi connectivity index (χ1v) is 8.28. The molecule has 0 spiro atoms. The Morgan fingerprint density at radius 3 is 2.73 bits per heavy atom. The number of hydrogen-bond donors (Lipinski definition) is 0. The third-order valence-corrected chi connectivity index (χ3v) is 5.81. The minimum atomic E-state index is -0.485. The summed E-state index contributed by atoms with van der Waals surface area (Å²) in [7, 11) is 1.34. The minimum Gasteiger partial charge on any atom is -0.465 e. The van der Waals surface area contributed by atoms with Gasteiger partial charge in [0.15, 0.2) is 5.78 Å². The number of methoxy groups -OCH3 is 1. The number of ether oxygens (including phenoxy) is 1. The molecule has 22 heavy (non-hydrogen) atoms. The third kappa shape index (κ3) is 3.04. The second-order valence-corrected chi connectivity index (χ2v) is 7.40. The van der Waals surface area contributed by atoms with Crippen LogP contribution in [0, 0.1) is 23.2 Å². The third-order valence-electron chi connectivity index (χ3n) is 5.81. The number of Topliss-reactive ketones (excluding diaryl/α,β-unsaturated/α-hetero) is 1. The quantitative estimate of drug-likeness (QED) is 0.446. The highest BCUT2D eigenvalue weighted by atomic mass is 16.5. The molecule has 0 unspecified atom stereocenters. The molecule has 3 nitrogen and oxygen atoms in total. The first kappa shape index (κ1) is 17.0. The highest BCUT2D eigenvalue weighted by Crippen LogP contribution is 2.54. The van der Waals surface area contributed by atoms with Gasteiger partial charge in [0.05, 0.1) is 12.7 Å². The monoisotopic (exact) mass is 304 g/mol. The summed E-state index contributed by atoms with van der Waals surface area (Å²) in [6.07, 6.45) is 6.73. The summed E-state index contributed by atoms with van der Waals surface area (Å²) in [6.45, 7) is 10.6. The first-order chi connectivity index (χ1) is 10.3. The fraction of sp³-hybridized carbons (Fsp3) is 0.684. The number of rotatable bonds is 4. The summed E-state index contributed by atoms with van der Waals surface area (Å²) in [4.78, 5) is 24.2. The van der Waals surface area contributed by atoms with E-state index >= 15 is 0 Å². The van der Waals surface area contributed by atoms with E-state index in [0.717, 1.165) is 25.7 Å². The zero-order valence-corrected chi connectivity index (χ0v) is 14.3. The lowest BCUT2D eigenvalue weighted by atomic mass is 9.53. The normalized spacial score (nSPS) is 34.6. The molecule has 122 valence electrons. The molecule has 4 atom stereocenters. The predicted octanol–water partition coefficient (Wildman–Crippen LogP) is 4.08. The van der Waals surface area contributed by atoms with E-state index in [9.17, 15) is 9.59 Å². The second-order valence-electron chi connectivity index (χ2n) is 7.40. The summed E-state index contributed by atoms with van der Waals surface area (Å²) < 4.78 is 4.80. The Labute approximate surface area is 133 Å². The Morgan fingerprint density at radius 2 is 2.14 bits per heavy atom. The van der Waals surface area contributed by atoms with E-state index in [1.807, 2.05) is 6.08 Å². The fourth-order valence-corrected chi connectivity index (χ4v) is 4.44. The van der Waals surface area contributed by atoms with Crippen molar-refractivity contribution in [3.8, 4) is 0 Å². The molecule has 2 aliphatic rings. The van der Waals surface area contributed by atoms with Gasteiger partial charge >= 0.3 is 5.97 Å². The Kier molecular flexibility index (Phi) is 4.93. The number of fused-ring (bicyclic) bond motifs is 1. The lowest BCUT2D eigenvalue weighted by molar-refractivity contribution is -0.139. The van der Waals surface area contributed by atoms with Crippen LogP contribution in [0.1, 0.15) is 52.9 Å². The van der Waals surface area contributed by atoms with Gasteiger partial charge in [0.1, 0.15) is 0 Å². The van der Waals surface area contributed by atoms with Crippen LogP contribution in [0.25, 0.3) is 0 Å². The average molecular weight is 304 g/mol. The lowest BCUT2D eigenvalue weighted by Crippen LogP contribution is -2.46. The van der Waals surface area contributed by atoms with Crippen molar-refractivity contribution in [2.24, 2.45) is 23.2 Å². The van der Waals surface area contributed by atoms with Gasteiger partial charge in [-0.15, -0.1) is 6.58 Å². The molecule has 1 saturated carbocycles. The lowest BCUT2D eigenvalue weighted by Gasteiger charge is -2.51. The number of allylic oxidation sites excluding steroid dienone is 2. The minimum absolute atomic E-state index is 0.0532. The van der Waals surface area contributed by atoms with Gasteiger partial charge in [-0.3, -0.25) is 4.79 Å². The van der Waals surface area contributed by atoms with Gasteiger partial charge in [0.2, 0.25) is 0 Å².